The molecule has 2 aromatic carbocycles. The molecule has 0 radical (unpaired) electrons. The van der Waals surface area contributed by atoms with E-state index in [1.165, 1.54) is 6.42 Å². The van der Waals surface area contributed by atoms with E-state index in [1.807, 2.05) is 42.5 Å². The number of ether oxygens (including phenoxy) is 1. The smallest absolute Gasteiger partial charge is 0.407 e. The van der Waals surface area contributed by atoms with E-state index >= 15 is 0 Å². The van der Waals surface area contributed by atoms with Crippen molar-refractivity contribution in [2.24, 2.45) is 0 Å². The van der Waals surface area contributed by atoms with E-state index in [0.29, 0.717) is 16.6 Å². The molecule has 2 aromatic rings. The predicted octanol–water partition coefficient (Wildman–Crippen LogP) is 5.01. The number of nitriles is 1. The van der Waals surface area contributed by atoms with Crippen LogP contribution in [0.3, 0.4) is 0 Å². The number of nitrogens with zero attached hydrogens (tertiary/aromatic N) is 2. The number of hydrogen-bond acceptors (Lipinski definition) is 5. The van der Waals surface area contributed by atoms with Crippen LogP contribution < -0.4 is 15.5 Å². The van der Waals surface area contributed by atoms with E-state index in [-0.39, 0.29) is 24.8 Å². The molecule has 1 aliphatic carbocycles. The lowest BCUT2D eigenvalue weighted by Crippen LogP contribution is -2.57. The minimum Gasteiger partial charge on any atom is -0.445 e. The first-order chi connectivity index (χ1) is 16.1. The lowest BCUT2D eigenvalue weighted by Gasteiger charge is -2.40. The third kappa shape index (κ3) is 6.63. The summed E-state index contributed by atoms with van der Waals surface area (Å²) in [6.45, 7) is 2.15. The number of benzene rings is 2. The fourth-order valence-corrected chi connectivity index (χ4v) is 5.08. The van der Waals surface area contributed by atoms with Crippen LogP contribution in [0.2, 0.25) is 5.02 Å². The van der Waals surface area contributed by atoms with E-state index < -0.39 is 0 Å². The van der Waals surface area contributed by atoms with Crippen LogP contribution in [0.25, 0.3) is 0 Å². The van der Waals surface area contributed by atoms with Crippen molar-refractivity contribution < 1.29 is 9.53 Å². The van der Waals surface area contributed by atoms with Gasteiger partial charge in [0, 0.05) is 41.9 Å². The number of rotatable bonds is 6. The molecule has 2 aliphatic rings. The van der Waals surface area contributed by atoms with Crippen LogP contribution in [-0.2, 0) is 11.3 Å². The van der Waals surface area contributed by atoms with Crippen LogP contribution >= 0.6 is 11.6 Å². The van der Waals surface area contributed by atoms with Gasteiger partial charge in [0.15, 0.2) is 0 Å². The zero-order valence-electron chi connectivity index (χ0n) is 18.8. The quantitative estimate of drug-likeness (QED) is 0.625. The van der Waals surface area contributed by atoms with Gasteiger partial charge < -0.3 is 20.3 Å². The molecule has 1 heterocycles. The molecular formula is C26H31ClN4O2. The minimum atomic E-state index is -0.378. The number of hydrogen-bond donors (Lipinski definition) is 2. The Morgan fingerprint density at radius 2 is 1.88 bits per heavy atom. The minimum absolute atomic E-state index is 0.0656. The van der Waals surface area contributed by atoms with Gasteiger partial charge in [-0.3, -0.25) is 0 Å². The molecule has 0 bridgehead atoms. The number of anilines is 1. The largest absolute Gasteiger partial charge is 0.445 e. The first-order valence-electron chi connectivity index (χ1n) is 11.8. The fourth-order valence-electron chi connectivity index (χ4n) is 4.87. The van der Waals surface area contributed by atoms with E-state index in [0.717, 1.165) is 56.4 Å². The van der Waals surface area contributed by atoms with Crippen LogP contribution in [0.15, 0.2) is 48.5 Å². The number of halogens is 1. The second-order valence-corrected chi connectivity index (χ2v) is 9.39. The standard InChI is InChI=1S/C26H31ClN4O2/c27-21-6-3-5-20(15-21)18-33-26(32)30-25-9-2-1-8-24(25)29-22-7-4-14-31(17-22)23-12-10-19(16-28)11-13-23/h3,5-6,10-13,15,22,24-25,29H,1-2,4,7-9,14,17-18H2,(H,30,32). The van der Waals surface area contributed by atoms with Gasteiger partial charge in [0.2, 0.25) is 0 Å². The van der Waals surface area contributed by atoms with Gasteiger partial charge in [-0.25, -0.2) is 4.79 Å². The fraction of sp³-hybridized carbons (Fsp3) is 0.462. The van der Waals surface area contributed by atoms with Crippen LogP contribution in [0.5, 0.6) is 0 Å². The van der Waals surface area contributed by atoms with Crippen molar-refractivity contribution >= 4 is 23.4 Å². The molecule has 3 unspecified atom stereocenters. The molecule has 1 amide bonds. The van der Waals surface area contributed by atoms with Crippen molar-refractivity contribution in [1.82, 2.24) is 10.6 Å². The third-order valence-electron chi connectivity index (χ3n) is 6.56. The van der Waals surface area contributed by atoms with E-state index in [9.17, 15) is 4.79 Å². The summed E-state index contributed by atoms with van der Waals surface area (Å²) in [5.74, 6) is 0. The van der Waals surface area contributed by atoms with Gasteiger partial charge in [-0.1, -0.05) is 36.6 Å². The molecule has 0 spiro atoms. The lowest BCUT2D eigenvalue weighted by molar-refractivity contribution is 0.128. The summed E-state index contributed by atoms with van der Waals surface area (Å²) < 4.78 is 5.45. The number of amides is 1. The Morgan fingerprint density at radius 1 is 1.09 bits per heavy atom. The third-order valence-corrected chi connectivity index (χ3v) is 6.80. The molecule has 7 heteroatoms. The second kappa shape index (κ2) is 11.4. The number of carbonyl (C=O) groups excluding carboxylic acids is 1. The van der Waals surface area contributed by atoms with Crippen molar-refractivity contribution in [2.45, 2.75) is 63.3 Å². The van der Waals surface area contributed by atoms with Crippen LogP contribution in [0.1, 0.15) is 49.7 Å². The zero-order valence-corrected chi connectivity index (χ0v) is 19.6. The van der Waals surface area contributed by atoms with Gasteiger partial charge in [-0.15, -0.1) is 0 Å². The molecular weight excluding hydrogens is 436 g/mol. The zero-order chi connectivity index (χ0) is 23.0. The topological polar surface area (TPSA) is 77.4 Å². The average molecular weight is 467 g/mol. The number of carbonyl (C=O) groups is 1. The summed E-state index contributed by atoms with van der Waals surface area (Å²) >= 11 is 6.01. The highest BCUT2D eigenvalue weighted by molar-refractivity contribution is 6.30. The van der Waals surface area contributed by atoms with Crippen molar-refractivity contribution in [3.63, 3.8) is 0 Å². The van der Waals surface area contributed by atoms with Crippen molar-refractivity contribution in [2.75, 3.05) is 18.0 Å². The lowest BCUT2D eigenvalue weighted by atomic mass is 9.89. The van der Waals surface area contributed by atoms with E-state index in [2.05, 4.69) is 21.6 Å². The maximum absolute atomic E-state index is 12.5. The highest BCUT2D eigenvalue weighted by Gasteiger charge is 2.30. The summed E-state index contributed by atoms with van der Waals surface area (Å²) in [5, 5.41) is 16.6. The van der Waals surface area contributed by atoms with Crippen molar-refractivity contribution in [3.05, 3.63) is 64.7 Å². The summed E-state index contributed by atoms with van der Waals surface area (Å²) in [5.41, 5.74) is 2.72. The summed E-state index contributed by atoms with van der Waals surface area (Å²) in [7, 11) is 0. The summed E-state index contributed by atoms with van der Waals surface area (Å²) in [4.78, 5) is 14.9. The van der Waals surface area contributed by atoms with Crippen LogP contribution in [-0.4, -0.2) is 37.3 Å². The normalized spacial score (nSPS) is 22.9. The molecule has 1 saturated heterocycles. The predicted molar refractivity (Wildman–Crippen MR) is 130 cm³/mol. The van der Waals surface area contributed by atoms with E-state index in [4.69, 9.17) is 21.6 Å². The van der Waals surface area contributed by atoms with Gasteiger partial charge in [-0.2, -0.15) is 5.26 Å². The molecule has 3 atom stereocenters. The van der Waals surface area contributed by atoms with E-state index in [1.54, 1.807) is 6.07 Å². The SMILES string of the molecule is N#Cc1ccc(N2CCCC(NC3CCCCC3NC(=O)OCc3cccc(Cl)c3)C2)cc1. The van der Waals surface area contributed by atoms with Gasteiger partial charge in [-0.05, 0) is 67.6 Å². The molecule has 1 aliphatic heterocycles. The highest BCUT2D eigenvalue weighted by atomic mass is 35.5. The molecule has 174 valence electrons. The van der Waals surface area contributed by atoms with Crippen LogP contribution in [0, 0.1) is 11.3 Å². The molecule has 6 nitrogen and oxygen atoms in total. The molecule has 1 saturated carbocycles. The summed E-state index contributed by atoms with van der Waals surface area (Å²) in [6.07, 6.45) is 6.14. The van der Waals surface area contributed by atoms with Gasteiger partial charge in [0.25, 0.3) is 0 Å². The van der Waals surface area contributed by atoms with Crippen LogP contribution in [0.4, 0.5) is 10.5 Å². The van der Waals surface area contributed by atoms with Crippen molar-refractivity contribution in [1.29, 1.82) is 5.26 Å². The number of piperidine rings is 1. The maximum atomic E-state index is 12.5. The van der Waals surface area contributed by atoms with Crippen molar-refractivity contribution in [3.8, 4) is 6.07 Å². The second-order valence-electron chi connectivity index (χ2n) is 8.96. The first-order valence-corrected chi connectivity index (χ1v) is 12.2. The van der Waals surface area contributed by atoms with Gasteiger partial charge >= 0.3 is 6.09 Å². The molecule has 2 N–H and O–H groups in total. The molecule has 33 heavy (non-hydrogen) atoms. The van der Waals surface area contributed by atoms with Gasteiger partial charge in [0.1, 0.15) is 6.61 Å². The molecule has 2 fully saturated rings. The Labute approximate surface area is 200 Å². The number of nitrogens with one attached hydrogen (secondary N) is 2. The summed E-state index contributed by atoms with van der Waals surface area (Å²) in [6, 6.07) is 18.0. The highest BCUT2D eigenvalue weighted by Crippen LogP contribution is 2.24. The maximum Gasteiger partial charge on any atom is 0.407 e. The Kier molecular flexibility index (Phi) is 8.09. The Balaban J connectivity index is 1.30. The first kappa shape index (κ1) is 23.4. The monoisotopic (exact) mass is 466 g/mol. The number of alkyl carbamates (subject to hydrolysis) is 1. The Hall–Kier alpha value is -2.75. The Morgan fingerprint density at radius 3 is 2.64 bits per heavy atom. The Bertz CT molecular complexity index is 975. The molecule has 0 aromatic heterocycles. The van der Waals surface area contributed by atoms with Gasteiger partial charge in [0.05, 0.1) is 11.6 Å². The molecule has 4 rings (SSSR count). The average Bonchev–Trinajstić information content (AvgIpc) is 2.84.